The minimum absolute atomic E-state index is 0.0520. The molecule has 2 aliphatic rings. The number of carboxylic acids is 1. The van der Waals surface area contributed by atoms with Crippen molar-refractivity contribution in [2.24, 2.45) is 0 Å². The molecule has 5 nitrogen and oxygen atoms in total. The van der Waals surface area contributed by atoms with E-state index in [2.05, 4.69) is 4.98 Å². The Morgan fingerprint density at radius 1 is 1.59 bits per heavy atom. The van der Waals surface area contributed by atoms with Gasteiger partial charge < -0.3 is 5.11 Å². The molecule has 17 heavy (non-hydrogen) atoms. The SMILES string of the molecule is O=C(O)C1=C(c2cccnc2)S[C@@H]2CC(=O)N12. The average molecular weight is 248 g/mol. The van der Waals surface area contributed by atoms with Crippen molar-refractivity contribution < 1.29 is 14.7 Å². The topological polar surface area (TPSA) is 70.5 Å². The molecule has 2 aliphatic heterocycles. The van der Waals surface area contributed by atoms with Gasteiger partial charge in [-0.25, -0.2) is 4.79 Å². The van der Waals surface area contributed by atoms with Crippen molar-refractivity contribution >= 4 is 28.5 Å². The highest BCUT2D eigenvalue weighted by atomic mass is 32.2. The number of hydrogen-bond acceptors (Lipinski definition) is 4. The summed E-state index contributed by atoms with van der Waals surface area (Å²) < 4.78 is 0. The Morgan fingerprint density at radius 2 is 2.41 bits per heavy atom. The molecule has 6 heteroatoms. The second-order valence-corrected chi connectivity index (χ2v) is 4.95. The third-order valence-electron chi connectivity index (χ3n) is 2.74. The zero-order chi connectivity index (χ0) is 12.0. The van der Waals surface area contributed by atoms with E-state index in [1.807, 2.05) is 0 Å². The first-order chi connectivity index (χ1) is 8.18. The van der Waals surface area contributed by atoms with Crippen molar-refractivity contribution in [2.45, 2.75) is 11.8 Å². The molecule has 1 amide bonds. The number of thioether (sulfide) groups is 1. The zero-order valence-corrected chi connectivity index (χ0v) is 9.48. The maximum absolute atomic E-state index is 11.4. The number of aliphatic carboxylic acids is 1. The Bertz CT molecular complexity index is 541. The molecule has 1 fully saturated rings. The quantitative estimate of drug-likeness (QED) is 0.795. The number of carboxylic acid groups (broad SMARTS) is 1. The van der Waals surface area contributed by atoms with E-state index >= 15 is 0 Å². The largest absolute Gasteiger partial charge is 0.477 e. The molecule has 3 heterocycles. The smallest absolute Gasteiger partial charge is 0.353 e. The number of amides is 1. The van der Waals surface area contributed by atoms with Crippen LogP contribution >= 0.6 is 11.8 Å². The molecule has 86 valence electrons. The lowest BCUT2D eigenvalue weighted by Gasteiger charge is -2.33. The molecule has 0 aliphatic carbocycles. The molecular formula is C11H8N2O3S. The van der Waals surface area contributed by atoms with E-state index < -0.39 is 5.97 Å². The third kappa shape index (κ3) is 1.44. The Hall–Kier alpha value is -1.82. The molecule has 0 unspecified atom stereocenters. The van der Waals surface area contributed by atoms with Gasteiger partial charge in [0.2, 0.25) is 5.91 Å². The van der Waals surface area contributed by atoms with E-state index in [1.165, 1.54) is 16.7 Å². The standard InChI is InChI=1S/C11H8N2O3S/c14-7-4-8-13(7)9(11(15)16)10(17-8)6-2-1-3-12-5-6/h1-3,5,8H,4H2,(H,15,16)/t8-/m1/s1. The molecule has 0 spiro atoms. The number of aromatic nitrogens is 1. The van der Waals surface area contributed by atoms with Gasteiger partial charge in [0.25, 0.3) is 0 Å². The third-order valence-corrected chi connectivity index (χ3v) is 4.06. The van der Waals surface area contributed by atoms with Gasteiger partial charge in [-0.15, -0.1) is 0 Å². The molecule has 0 radical (unpaired) electrons. The van der Waals surface area contributed by atoms with E-state index in [1.54, 1.807) is 24.5 Å². The fourth-order valence-corrected chi connectivity index (χ4v) is 3.33. The van der Waals surface area contributed by atoms with Crippen LogP contribution in [0, 0.1) is 0 Å². The number of pyridine rings is 1. The van der Waals surface area contributed by atoms with Crippen molar-refractivity contribution in [2.75, 3.05) is 0 Å². The summed E-state index contributed by atoms with van der Waals surface area (Å²) in [7, 11) is 0. The van der Waals surface area contributed by atoms with Crippen LogP contribution in [-0.2, 0) is 9.59 Å². The van der Waals surface area contributed by atoms with Crippen LogP contribution in [0.1, 0.15) is 12.0 Å². The van der Waals surface area contributed by atoms with Crippen LogP contribution in [0.3, 0.4) is 0 Å². The molecule has 1 saturated heterocycles. The maximum atomic E-state index is 11.4. The first kappa shape index (κ1) is 10.3. The van der Waals surface area contributed by atoms with Gasteiger partial charge in [0, 0.05) is 22.9 Å². The van der Waals surface area contributed by atoms with Crippen molar-refractivity contribution in [1.29, 1.82) is 0 Å². The summed E-state index contributed by atoms with van der Waals surface area (Å²) in [5, 5.41) is 9.15. The van der Waals surface area contributed by atoms with Crippen LogP contribution in [0.5, 0.6) is 0 Å². The highest BCUT2D eigenvalue weighted by molar-refractivity contribution is 8.09. The molecule has 3 rings (SSSR count). The minimum Gasteiger partial charge on any atom is -0.477 e. The van der Waals surface area contributed by atoms with E-state index in [0.29, 0.717) is 11.3 Å². The maximum Gasteiger partial charge on any atom is 0.353 e. The number of fused-ring (bicyclic) bond motifs is 1. The number of β-lactam (4-membered cyclic amide) rings is 1. The molecule has 1 N–H and O–H groups in total. The van der Waals surface area contributed by atoms with Gasteiger partial charge >= 0.3 is 5.97 Å². The van der Waals surface area contributed by atoms with E-state index in [9.17, 15) is 14.7 Å². The predicted octanol–water partition coefficient (Wildman–Crippen LogP) is 1.14. The van der Waals surface area contributed by atoms with Gasteiger partial charge in [-0.3, -0.25) is 14.7 Å². The number of rotatable bonds is 2. The van der Waals surface area contributed by atoms with Crippen LogP contribution in [0.2, 0.25) is 0 Å². The molecule has 1 atom stereocenters. The van der Waals surface area contributed by atoms with Gasteiger partial charge in [-0.05, 0) is 6.07 Å². The van der Waals surface area contributed by atoms with Gasteiger partial charge in [0.15, 0.2) is 0 Å². The van der Waals surface area contributed by atoms with Crippen LogP contribution < -0.4 is 0 Å². The Balaban J connectivity index is 2.10. The number of hydrogen-bond donors (Lipinski definition) is 1. The highest BCUT2D eigenvalue weighted by Gasteiger charge is 2.48. The van der Waals surface area contributed by atoms with Crippen LogP contribution in [-0.4, -0.2) is 32.2 Å². The first-order valence-corrected chi connectivity index (χ1v) is 5.93. The summed E-state index contributed by atoms with van der Waals surface area (Å²) >= 11 is 1.42. The second kappa shape index (κ2) is 3.59. The normalized spacial score (nSPS) is 22.5. The fourth-order valence-electron chi connectivity index (χ4n) is 1.95. The number of carbonyl (C=O) groups is 2. The number of nitrogens with zero attached hydrogens (tertiary/aromatic N) is 2. The van der Waals surface area contributed by atoms with Crippen molar-refractivity contribution in [1.82, 2.24) is 9.88 Å². The van der Waals surface area contributed by atoms with Crippen molar-refractivity contribution in [3.05, 3.63) is 35.8 Å². The molecule has 1 aromatic heterocycles. The van der Waals surface area contributed by atoms with E-state index in [-0.39, 0.29) is 17.0 Å². The molecule has 1 aromatic rings. The lowest BCUT2D eigenvalue weighted by atomic mass is 10.1. The Kier molecular flexibility index (Phi) is 2.19. The lowest BCUT2D eigenvalue weighted by molar-refractivity contribution is -0.145. The van der Waals surface area contributed by atoms with Crippen molar-refractivity contribution in [3.8, 4) is 0 Å². The van der Waals surface area contributed by atoms with E-state index in [0.717, 1.165) is 5.56 Å². The zero-order valence-electron chi connectivity index (χ0n) is 8.66. The first-order valence-electron chi connectivity index (χ1n) is 5.05. The lowest BCUT2D eigenvalue weighted by Crippen LogP contribution is -2.48. The summed E-state index contributed by atoms with van der Waals surface area (Å²) in [4.78, 5) is 28.6. The summed E-state index contributed by atoms with van der Waals surface area (Å²) in [6.07, 6.45) is 3.65. The fraction of sp³-hybridized carbons (Fsp3) is 0.182. The highest BCUT2D eigenvalue weighted by Crippen LogP contribution is 2.50. The molecule has 0 saturated carbocycles. The summed E-state index contributed by atoms with van der Waals surface area (Å²) in [6.45, 7) is 0. The molecular weight excluding hydrogens is 240 g/mol. The van der Waals surface area contributed by atoms with Crippen molar-refractivity contribution in [3.63, 3.8) is 0 Å². The van der Waals surface area contributed by atoms with Crippen LogP contribution in [0.4, 0.5) is 0 Å². The number of carbonyl (C=O) groups excluding carboxylic acids is 1. The Labute approximate surface area is 101 Å². The minimum atomic E-state index is -1.06. The summed E-state index contributed by atoms with van der Waals surface area (Å²) in [5.74, 6) is -1.19. The Morgan fingerprint density at radius 3 is 3.00 bits per heavy atom. The van der Waals surface area contributed by atoms with Gasteiger partial charge in [-0.1, -0.05) is 17.8 Å². The van der Waals surface area contributed by atoms with Gasteiger partial charge in [0.05, 0.1) is 11.8 Å². The van der Waals surface area contributed by atoms with Crippen LogP contribution in [0.25, 0.3) is 4.91 Å². The second-order valence-electron chi connectivity index (χ2n) is 3.76. The predicted molar refractivity (Wildman–Crippen MR) is 61.6 cm³/mol. The molecule has 0 aromatic carbocycles. The van der Waals surface area contributed by atoms with Gasteiger partial charge in [0.1, 0.15) is 5.70 Å². The average Bonchev–Trinajstić information content (AvgIpc) is 2.63. The molecule has 0 bridgehead atoms. The van der Waals surface area contributed by atoms with E-state index in [4.69, 9.17) is 0 Å². The summed E-state index contributed by atoms with van der Waals surface area (Å²) in [5.41, 5.74) is 0.835. The monoisotopic (exact) mass is 248 g/mol. The summed E-state index contributed by atoms with van der Waals surface area (Å²) in [6, 6.07) is 3.55. The van der Waals surface area contributed by atoms with Crippen LogP contribution in [0.15, 0.2) is 30.2 Å². The van der Waals surface area contributed by atoms with Gasteiger partial charge in [-0.2, -0.15) is 0 Å².